The molecule has 4 nitrogen and oxygen atoms in total. The summed E-state index contributed by atoms with van der Waals surface area (Å²) in [6.07, 6.45) is 0. The van der Waals surface area contributed by atoms with Crippen LogP contribution < -0.4 is 9.80 Å². The highest BCUT2D eigenvalue weighted by Gasteiger charge is 2.22. The third-order valence-electron chi connectivity index (χ3n) is 2.78. The van der Waals surface area contributed by atoms with Crippen LogP contribution in [0.4, 0.5) is 5.69 Å². The summed E-state index contributed by atoms with van der Waals surface area (Å²) in [4.78, 5) is 17.9. The number of rotatable bonds is 4. The molecule has 0 unspecified atom stereocenters. The Hall–Kier alpha value is -1.60. The number of hydrogen-bond acceptors (Lipinski definition) is 3. The van der Waals surface area contributed by atoms with Crippen LogP contribution >= 0.6 is 22.6 Å². The van der Waals surface area contributed by atoms with Crippen LogP contribution in [-0.4, -0.2) is 20.1 Å². The van der Waals surface area contributed by atoms with Gasteiger partial charge in [-0.2, -0.15) is 5.06 Å². The molecule has 0 atom stereocenters. The third-order valence-corrected chi connectivity index (χ3v) is 3.69. The summed E-state index contributed by atoms with van der Waals surface area (Å²) in [5, 5.41) is 1.26. The molecule has 5 heteroatoms. The number of hydroxylamine groups is 1. The minimum atomic E-state index is -0.269. The fourth-order valence-electron chi connectivity index (χ4n) is 1.84. The van der Waals surface area contributed by atoms with Gasteiger partial charge in [-0.25, -0.2) is 0 Å². The highest BCUT2D eigenvalue weighted by molar-refractivity contribution is 14.1. The highest BCUT2D eigenvalue weighted by atomic mass is 127. The number of para-hydroxylation sites is 2. The van der Waals surface area contributed by atoms with Crippen LogP contribution in [0.1, 0.15) is 10.4 Å². The van der Waals surface area contributed by atoms with Crippen LogP contribution in [0.2, 0.25) is 0 Å². The van der Waals surface area contributed by atoms with Crippen LogP contribution in [0.25, 0.3) is 0 Å². The molecule has 0 saturated heterocycles. The average molecular weight is 383 g/mol. The quantitative estimate of drug-likeness (QED) is 0.599. The number of halogens is 1. The van der Waals surface area contributed by atoms with E-state index >= 15 is 0 Å². The highest BCUT2D eigenvalue weighted by Crippen LogP contribution is 2.26. The maximum Gasteiger partial charge on any atom is 0.285 e. The molecule has 104 valence electrons. The number of benzene rings is 2. The fourth-order valence-corrected chi connectivity index (χ4v) is 2.44. The Labute approximate surface area is 131 Å². The molecule has 0 spiro atoms. The van der Waals surface area contributed by atoms with E-state index in [0.29, 0.717) is 17.0 Å². The first kappa shape index (κ1) is 14.8. The van der Waals surface area contributed by atoms with Crippen LogP contribution in [-0.2, 0) is 4.84 Å². The van der Waals surface area contributed by atoms with Crippen molar-refractivity contribution in [2.75, 3.05) is 19.3 Å². The van der Waals surface area contributed by atoms with Crippen molar-refractivity contribution < 1.29 is 14.4 Å². The molecule has 0 aliphatic rings. The molecule has 0 aliphatic heterocycles. The van der Waals surface area contributed by atoms with Crippen LogP contribution in [0, 0.1) is 3.57 Å². The SMILES string of the molecule is COc1ccccc1C(=O)N(OC)c1ccccc1I. The molecule has 0 fully saturated rings. The summed E-state index contributed by atoms with van der Waals surface area (Å²) >= 11 is 2.16. The average Bonchev–Trinajstić information content (AvgIpc) is 2.49. The number of ether oxygens (including phenoxy) is 1. The Morgan fingerprint density at radius 1 is 1.05 bits per heavy atom. The first-order chi connectivity index (χ1) is 9.69. The summed E-state index contributed by atoms with van der Waals surface area (Å²) in [6.45, 7) is 0. The zero-order valence-corrected chi connectivity index (χ0v) is 13.3. The predicted molar refractivity (Wildman–Crippen MR) is 86.0 cm³/mol. The molecule has 0 aromatic heterocycles. The molecular weight excluding hydrogens is 369 g/mol. The van der Waals surface area contributed by atoms with Gasteiger partial charge in [0.15, 0.2) is 0 Å². The lowest BCUT2D eigenvalue weighted by molar-refractivity contribution is 0.0769. The van der Waals surface area contributed by atoms with Crippen molar-refractivity contribution in [1.29, 1.82) is 0 Å². The van der Waals surface area contributed by atoms with Crippen molar-refractivity contribution in [3.63, 3.8) is 0 Å². The Morgan fingerprint density at radius 2 is 1.70 bits per heavy atom. The van der Waals surface area contributed by atoms with Crippen molar-refractivity contribution in [3.05, 3.63) is 57.7 Å². The lowest BCUT2D eigenvalue weighted by Gasteiger charge is -2.21. The van der Waals surface area contributed by atoms with Gasteiger partial charge < -0.3 is 4.74 Å². The number of nitrogens with zero attached hydrogens (tertiary/aromatic N) is 1. The van der Waals surface area contributed by atoms with E-state index in [1.54, 1.807) is 18.2 Å². The number of hydrogen-bond donors (Lipinski definition) is 0. The molecule has 2 aromatic rings. The largest absolute Gasteiger partial charge is 0.496 e. The lowest BCUT2D eigenvalue weighted by Crippen LogP contribution is -2.30. The monoisotopic (exact) mass is 383 g/mol. The maximum absolute atomic E-state index is 12.6. The molecule has 0 bridgehead atoms. The molecule has 20 heavy (non-hydrogen) atoms. The number of anilines is 1. The molecule has 0 aliphatic carbocycles. The second-order valence-corrected chi connectivity index (χ2v) is 5.10. The van der Waals surface area contributed by atoms with Gasteiger partial charge in [0.25, 0.3) is 5.91 Å². The van der Waals surface area contributed by atoms with Crippen LogP contribution in [0.15, 0.2) is 48.5 Å². The lowest BCUT2D eigenvalue weighted by atomic mass is 10.2. The molecule has 2 rings (SSSR count). The summed E-state index contributed by atoms with van der Waals surface area (Å²) in [5.74, 6) is 0.250. The molecule has 0 radical (unpaired) electrons. The fraction of sp³-hybridized carbons (Fsp3) is 0.133. The van der Waals surface area contributed by atoms with Gasteiger partial charge in [-0.15, -0.1) is 0 Å². The van der Waals surface area contributed by atoms with E-state index in [-0.39, 0.29) is 5.91 Å². The topological polar surface area (TPSA) is 38.8 Å². The van der Waals surface area contributed by atoms with Gasteiger partial charge >= 0.3 is 0 Å². The van der Waals surface area contributed by atoms with E-state index in [9.17, 15) is 4.79 Å². The normalized spacial score (nSPS) is 10.2. The predicted octanol–water partition coefficient (Wildman–Crippen LogP) is 3.51. The van der Waals surface area contributed by atoms with Gasteiger partial charge in [0.1, 0.15) is 5.75 Å². The molecule has 0 saturated carbocycles. The van der Waals surface area contributed by atoms with Crippen molar-refractivity contribution in [2.24, 2.45) is 0 Å². The van der Waals surface area contributed by atoms with Crippen LogP contribution in [0.3, 0.4) is 0 Å². The van der Waals surface area contributed by atoms with E-state index in [0.717, 1.165) is 3.57 Å². The zero-order valence-electron chi connectivity index (χ0n) is 11.2. The van der Waals surface area contributed by atoms with Gasteiger partial charge in [-0.05, 0) is 46.9 Å². The second kappa shape index (κ2) is 6.71. The Morgan fingerprint density at radius 3 is 2.35 bits per heavy atom. The first-order valence-electron chi connectivity index (χ1n) is 5.95. The molecule has 0 heterocycles. The molecule has 2 aromatic carbocycles. The number of methoxy groups -OCH3 is 1. The zero-order chi connectivity index (χ0) is 14.5. The van der Waals surface area contributed by atoms with Gasteiger partial charge in [0.2, 0.25) is 0 Å². The van der Waals surface area contributed by atoms with Crippen molar-refractivity contribution in [1.82, 2.24) is 0 Å². The standard InChI is InChI=1S/C15H14INO3/c1-19-14-10-6-3-7-11(14)15(18)17(20-2)13-9-5-4-8-12(13)16/h3-10H,1-2H3. The molecule has 1 amide bonds. The van der Waals surface area contributed by atoms with E-state index in [2.05, 4.69) is 22.6 Å². The van der Waals surface area contributed by atoms with Gasteiger partial charge in [0.05, 0.1) is 25.5 Å². The Bertz CT molecular complexity index is 616. The summed E-state index contributed by atoms with van der Waals surface area (Å²) < 4.78 is 6.15. The number of amides is 1. The Balaban J connectivity index is 2.42. The van der Waals surface area contributed by atoms with Gasteiger partial charge in [0, 0.05) is 3.57 Å². The second-order valence-electron chi connectivity index (χ2n) is 3.93. The van der Waals surface area contributed by atoms with E-state index in [4.69, 9.17) is 9.57 Å². The minimum Gasteiger partial charge on any atom is -0.496 e. The van der Waals surface area contributed by atoms with Crippen molar-refractivity contribution in [2.45, 2.75) is 0 Å². The summed E-state index contributed by atoms with van der Waals surface area (Å²) in [7, 11) is 3.01. The van der Waals surface area contributed by atoms with E-state index in [1.807, 2.05) is 30.3 Å². The summed E-state index contributed by atoms with van der Waals surface area (Å²) in [5.41, 5.74) is 1.16. The third kappa shape index (κ3) is 2.94. The number of carbonyl (C=O) groups is 1. The van der Waals surface area contributed by atoms with Crippen LogP contribution in [0.5, 0.6) is 5.75 Å². The maximum atomic E-state index is 12.6. The summed E-state index contributed by atoms with van der Waals surface area (Å²) in [6, 6.07) is 14.6. The Kier molecular flexibility index (Phi) is 4.97. The van der Waals surface area contributed by atoms with Crippen molar-refractivity contribution in [3.8, 4) is 5.75 Å². The van der Waals surface area contributed by atoms with Crippen molar-refractivity contribution >= 4 is 34.2 Å². The van der Waals surface area contributed by atoms with E-state index in [1.165, 1.54) is 19.3 Å². The van der Waals surface area contributed by atoms with E-state index < -0.39 is 0 Å². The molecule has 0 N–H and O–H groups in total. The number of carbonyl (C=O) groups excluding carboxylic acids is 1. The first-order valence-corrected chi connectivity index (χ1v) is 7.03. The van der Waals surface area contributed by atoms with Gasteiger partial charge in [-0.1, -0.05) is 24.3 Å². The molecular formula is C15H14INO3. The minimum absolute atomic E-state index is 0.269. The smallest absolute Gasteiger partial charge is 0.285 e. The van der Waals surface area contributed by atoms with Gasteiger partial charge in [-0.3, -0.25) is 9.63 Å².